The third-order valence-corrected chi connectivity index (χ3v) is 5.28. The summed E-state index contributed by atoms with van der Waals surface area (Å²) in [6.45, 7) is 1.87. The maximum absolute atomic E-state index is 13.1. The molecule has 4 aromatic rings. The Bertz CT molecular complexity index is 1240. The van der Waals surface area contributed by atoms with Gasteiger partial charge >= 0.3 is 0 Å². The average molecular weight is 438 g/mol. The molecule has 0 aliphatic rings. The monoisotopic (exact) mass is 437 g/mol. The molecular weight excluding hydrogens is 421 g/mol. The summed E-state index contributed by atoms with van der Waals surface area (Å²) in [5, 5.41) is 4.13. The van der Waals surface area contributed by atoms with Crippen LogP contribution in [0.1, 0.15) is 33.1 Å². The van der Waals surface area contributed by atoms with Crippen LogP contribution in [0.3, 0.4) is 0 Å². The van der Waals surface area contributed by atoms with Gasteiger partial charge in [-0.2, -0.15) is 0 Å². The zero-order valence-electron chi connectivity index (χ0n) is 16.0. The number of carbonyl (C=O) groups is 1. The molecule has 0 unspecified atom stereocenters. The number of nitrogens with zero attached hydrogens (tertiary/aromatic N) is 2. The number of nitrogens with one attached hydrogen (secondary N) is 1. The number of amides is 1. The summed E-state index contributed by atoms with van der Waals surface area (Å²) in [6, 6.07) is 17.4. The van der Waals surface area contributed by atoms with Gasteiger partial charge < -0.3 is 5.32 Å². The summed E-state index contributed by atoms with van der Waals surface area (Å²) < 4.78 is 1.38. The predicted octanol–water partition coefficient (Wildman–Crippen LogP) is 4.83. The van der Waals surface area contributed by atoms with Gasteiger partial charge in [-0.25, -0.2) is 4.98 Å². The Kier molecular flexibility index (Phi) is 5.57. The van der Waals surface area contributed by atoms with Crippen LogP contribution in [0.25, 0.3) is 5.65 Å². The van der Waals surface area contributed by atoms with E-state index in [-0.39, 0.29) is 5.56 Å². The Morgan fingerprint density at radius 1 is 0.933 bits per heavy atom. The minimum absolute atomic E-state index is 0.0361. The molecule has 5 nitrogen and oxygen atoms in total. The molecule has 0 saturated heterocycles. The van der Waals surface area contributed by atoms with Crippen LogP contribution in [0.5, 0.6) is 0 Å². The van der Waals surface area contributed by atoms with Gasteiger partial charge in [-0.1, -0.05) is 53.5 Å². The molecule has 4 rings (SSSR count). The Balaban J connectivity index is 1.74. The molecule has 30 heavy (non-hydrogen) atoms. The average Bonchev–Trinajstić information content (AvgIpc) is 2.74. The molecule has 0 saturated carbocycles. The zero-order valence-corrected chi connectivity index (χ0v) is 17.5. The van der Waals surface area contributed by atoms with Crippen molar-refractivity contribution in [3.8, 4) is 0 Å². The van der Waals surface area contributed by atoms with E-state index in [9.17, 15) is 9.59 Å². The van der Waals surface area contributed by atoms with E-state index in [4.69, 9.17) is 23.2 Å². The van der Waals surface area contributed by atoms with Gasteiger partial charge in [-0.15, -0.1) is 0 Å². The third kappa shape index (κ3) is 4.08. The maximum Gasteiger partial charge on any atom is 0.270 e. The number of hydrogen-bond donors (Lipinski definition) is 1. The number of carbonyl (C=O) groups excluding carboxylic acids is 1. The molecule has 0 spiro atoms. The lowest BCUT2D eigenvalue weighted by Crippen LogP contribution is -2.34. The van der Waals surface area contributed by atoms with Crippen LogP contribution < -0.4 is 10.9 Å². The number of hydrogen-bond acceptors (Lipinski definition) is 3. The molecule has 7 heteroatoms. The summed E-state index contributed by atoms with van der Waals surface area (Å²) in [7, 11) is 0. The van der Waals surface area contributed by atoms with Gasteiger partial charge in [-0.3, -0.25) is 14.0 Å². The lowest BCUT2D eigenvalue weighted by atomic mass is 9.98. The minimum atomic E-state index is -0.515. The Labute approximate surface area is 182 Å². The summed E-state index contributed by atoms with van der Waals surface area (Å²) >= 11 is 12.0. The number of benzene rings is 2. The second kappa shape index (κ2) is 8.30. The molecular formula is C23H17Cl2N3O2. The fourth-order valence-electron chi connectivity index (χ4n) is 3.22. The first-order valence-electron chi connectivity index (χ1n) is 9.22. The first-order chi connectivity index (χ1) is 14.4. The SMILES string of the molecule is Cc1ccc2ncc(C(=O)NC(c3ccc(Cl)cc3)c3ccc(Cl)cc3)c(=O)n2c1. The third-order valence-electron chi connectivity index (χ3n) is 4.78. The van der Waals surface area contributed by atoms with Gasteiger partial charge in [0, 0.05) is 22.4 Å². The van der Waals surface area contributed by atoms with Crippen LogP contribution >= 0.6 is 23.2 Å². The normalized spacial score (nSPS) is 11.1. The fraction of sp³-hybridized carbons (Fsp3) is 0.0870. The van der Waals surface area contributed by atoms with Crippen molar-refractivity contribution >= 4 is 34.8 Å². The smallest absolute Gasteiger partial charge is 0.270 e. The largest absolute Gasteiger partial charge is 0.341 e. The van der Waals surface area contributed by atoms with Crippen molar-refractivity contribution < 1.29 is 4.79 Å². The molecule has 0 fully saturated rings. The highest BCUT2D eigenvalue weighted by molar-refractivity contribution is 6.30. The van der Waals surface area contributed by atoms with Crippen molar-refractivity contribution in [2.75, 3.05) is 0 Å². The van der Waals surface area contributed by atoms with Crippen LogP contribution in [0.4, 0.5) is 0 Å². The van der Waals surface area contributed by atoms with Gasteiger partial charge in [0.1, 0.15) is 11.2 Å². The number of aromatic nitrogens is 2. The Morgan fingerprint density at radius 3 is 2.07 bits per heavy atom. The van der Waals surface area contributed by atoms with Crippen molar-refractivity contribution in [3.05, 3.63) is 116 Å². The van der Waals surface area contributed by atoms with E-state index >= 15 is 0 Å². The summed E-state index contributed by atoms with van der Waals surface area (Å²) in [4.78, 5) is 30.2. The van der Waals surface area contributed by atoms with Crippen LogP contribution in [-0.4, -0.2) is 15.3 Å². The van der Waals surface area contributed by atoms with E-state index in [0.29, 0.717) is 15.7 Å². The highest BCUT2D eigenvalue weighted by Crippen LogP contribution is 2.25. The standard InChI is InChI=1S/C23H17Cl2N3O2/c1-14-2-11-20-26-12-19(23(30)28(20)13-14)22(29)27-21(15-3-7-17(24)8-4-15)16-5-9-18(25)10-6-16/h2-13,21H,1H3,(H,27,29). The molecule has 1 amide bonds. The number of halogens is 2. The lowest BCUT2D eigenvalue weighted by Gasteiger charge is -2.20. The van der Waals surface area contributed by atoms with Crippen LogP contribution in [-0.2, 0) is 0 Å². The zero-order chi connectivity index (χ0) is 21.3. The van der Waals surface area contributed by atoms with Crippen LogP contribution in [0.2, 0.25) is 10.0 Å². The first-order valence-corrected chi connectivity index (χ1v) is 9.98. The van der Waals surface area contributed by atoms with Crippen molar-refractivity contribution in [2.45, 2.75) is 13.0 Å². The van der Waals surface area contributed by atoms with Gasteiger partial charge in [0.15, 0.2) is 0 Å². The van der Waals surface area contributed by atoms with Crippen LogP contribution in [0.15, 0.2) is 77.9 Å². The van der Waals surface area contributed by atoms with E-state index in [0.717, 1.165) is 16.7 Å². The van der Waals surface area contributed by atoms with Crippen molar-refractivity contribution in [1.29, 1.82) is 0 Å². The second-order valence-corrected chi connectivity index (χ2v) is 7.79. The van der Waals surface area contributed by atoms with Gasteiger partial charge in [0.05, 0.1) is 6.04 Å². The number of fused-ring (bicyclic) bond motifs is 1. The molecule has 2 heterocycles. The highest BCUT2D eigenvalue weighted by atomic mass is 35.5. The number of rotatable bonds is 4. The van der Waals surface area contributed by atoms with Crippen molar-refractivity contribution in [2.24, 2.45) is 0 Å². The Hall–Kier alpha value is -3.15. The molecule has 0 aliphatic carbocycles. The molecule has 1 N–H and O–H groups in total. The summed E-state index contributed by atoms with van der Waals surface area (Å²) in [5.74, 6) is -0.515. The van der Waals surface area contributed by atoms with Crippen LogP contribution in [0, 0.1) is 6.92 Å². The molecule has 0 atom stereocenters. The molecule has 0 bridgehead atoms. The quantitative estimate of drug-likeness (QED) is 0.497. The van der Waals surface area contributed by atoms with E-state index in [1.165, 1.54) is 10.6 Å². The van der Waals surface area contributed by atoms with Gasteiger partial charge in [0.25, 0.3) is 11.5 Å². The lowest BCUT2D eigenvalue weighted by molar-refractivity contribution is 0.0941. The fourth-order valence-corrected chi connectivity index (χ4v) is 3.47. The number of pyridine rings is 1. The predicted molar refractivity (Wildman–Crippen MR) is 118 cm³/mol. The summed E-state index contributed by atoms with van der Waals surface area (Å²) in [6.07, 6.45) is 2.97. The summed E-state index contributed by atoms with van der Waals surface area (Å²) in [5.41, 5.74) is 2.55. The van der Waals surface area contributed by atoms with E-state index in [2.05, 4.69) is 10.3 Å². The molecule has 0 aliphatic heterocycles. The molecule has 2 aromatic heterocycles. The molecule has 150 valence electrons. The van der Waals surface area contributed by atoms with E-state index in [1.54, 1.807) is 36.5 Å². The second-order valence-electron chi connectivity index (χ2n) is 6.92. The number of aryl methyl sites for hydroxylation is 1. The Morgan fingerprint density at radius 2 is 1.50 bits per heavy atom. The molecule has 2 aromatic carbocycles. The van der Waals surface area contributed by atoms with E-state index < -0.39 is 17.5 Å². The van der Waals surface area contributed by atoms with Gasteiger partial charge in [-0.05, 0) is 53.9 Å². The van der Waals surface area contributed by atoms with Gasteiger partial charge in [0.2, 0.25) is 0 Å². The molecule has 0 radical (unpaired) electrons. The maximum atomic E-state index is 13.1. The topological polar surface area (TPSA) is 63.5 Å². The van der Waals surface area contributed by atoms with Crippen molar-refractivity contribution in [1.82, 2.24) is 14.7 Å². The van der Waals surface area contributed by atoms with Crippen molar-refractivity contribution in [3.63, 3.8) is 0 Å². The first kappa shape index (κ1) is 20.1. The highest BCUT2D eigenvalue weighted by Gasteiger charge is 2.21. The minimum Gasteiger partial charge on any atom is -0.341 e. The van der Waals surface area contributed by atoms with E-state index in [1.807, 2.05) is 37.3 Å².